The molecule has 0 unspecified atom stereocenters. The van der Waals surface area contributed by atoms with E-state index in [-0.39, 0.29) is 23.2 Å². The summed E-state index contributed by atoms with van der Waals surface area (Å²) in [6.45, 7) is 9.13. The standard InChI is InChI=1S/C25H29N7O2/c1-15-22(29-21-19(27-15)18(14-26)30-31-21)32-11-9-25(10-12-32)13-16-7-5-6-8-17(16)20(25)28-23(33)34-24(2,3)4/h5-8,20H,9-13H2,1-4H3,(H,28,33)(H,29,30,31)/t20-/m1/s1. The van der Waals surface area contributed by atoms with Crippen LogP contribution in [0.2, 0.25) is 0 Å². The first-order chi connectivity index (χ1) is 16.2. The van der Waals surface area contributed by atoms with E-state index in [9.17, 15) is 10.1 Å². The summed E-state index contributed by atoms with van der Waals surface area (Å²) in [4.78, 5) is 24.3. The molecule has 1 fully saturated rings. The number of carbonyl (C=O) groups is 1. The van der Waals surface area contributed by atoms with Gasteiger partial charge < -0.3 is 15.0 Å². The number of ether oxygens (including phenoxy) is 1. The van der Waals surface area contributed by atoms with E-state index in [2.05, 4.69) is 43.6 Å². The number of nitrogens with one attached hydrogen (secondary N) is 2. The van der Waals surface area contributed by atoms with Crippen molar-refractivity contribution in [2.45, 2.75) is 58.6 Å². The van der Waals surface area contributed by atoms with Gasteiger partial charge in [0.05, 0.1) is 11.7 Å². The highest BCUT2D eigenvalue weighted by Crippen LogP contribution is 2.52. The summed E-state index contributed by atoms with van der Waals surface area (Å²) in [5.41, 5.74) is 3.90. The number of nitrogens with zero attached hydrogens (tertiary/aromatic N) is 5. The Labute approximate surface area is 198 Å². The zero-order valence-electron chi connectivity index (χ0n) is 20.0. The lowest BCUT2D eigenvalue weighted by Crippen LogP contribution is -2.48. The Bertz CT molecular complexity index is 1290. The summed E-state index contributed by atoms with van der Waals surface area (Å²) in [7, 11) is 0. The van der Waals surface area contributed by atoms with Gasteiger partial charge >= 0.3 is 6.09 Å². The third-order valence-electron chi connectivity index (χ3n) is 6.89. The van der Waals surface area contributed by atoms with E-state index in [4.69, 9.17) is 9.72 Å². The summed E-state index contributed by atoms with van der Waals surface area (Å²) in [5, 5.41) is 19.2. The molecule has 34 heavy (non-hydrogen) atoms. The number of benzene rings is 1. The average Bonchev–Trinajstić information content (AvgIpc) is 3.31. The number of piperidine rings is 1. The molecule has 176 valence electrons. The molecule has 2 aliphatic rings. The van der Waals surface area contributed by atoms with Crippen molar-refractivity contribution in [3.05, 3.63) is 46.8 Å². The molecule has 1 aromatic carbocycles. The Hall–Kier alpha value is -3.67. The van der Waals surface area contributed by atoms with Crippen molar-refractivity contribution in [2.24, 2.45) is 5.41 Å². The molecule has 0 saturated carbocycles. The van der Waals surface area contributed by atoms with Crippen LogP contribution < -0.4 is 10.2 Å². The first-order valence-electron chi connectivity index (χ1n) is 11.6. The zero-order chi connectivity index (χ0) is 24.1. The van der Waals surface area contributed by atoms with Crippen molar-refractivity contribution in [3.8, 4) is 6.07 Å². The quantitative estimate of drug-likeness (QED) is 0.595. The van der Waals surface area contributed by atoms with Gasteiger partial charge in [-0.2, -0.15) is 10.4 Å². The number of aryl methyl sites for hydroxylation is 1. The molecule has 1 atom stereocenters. The number of carbonyl (C=O) groups excluding carboxylic acids is 1. The van der Waals surface area contributed by atoms with E-state index < -0.39 is 5.60 Å². The minimum absolute atomic E-state index is 0.0789. The fourth-order valence-electron chi connectivity index (χ4n) is 5.37. The smallest absolute Gasteiger partial charge is 0.408 e. The van der Waals surface area contributed by atoms with Gasteiger partial charge in [-0.25, -0.2) is 14.8 Å². The van der Waals surface area contributed by atoms with E-state index >= 15 is 0 Å². The molecule has 5 rings (SSSR count). The second-order valence-electron chi connectivity index (χ2n) is 10.3. The maximum atomic E-state index is 12.7. The lowest BCUT2D eigenvalue weighted by Gasteiger charge is -2.44. The topological polar surface area (TPSA) is 120 Å². The van der Waals surface area contributed by atoms with Gasteiger partial charge in [0.1, 0.15) is 17.2 Å². The maximum Gasteiger partial charge on any atom is 0.408 e. The number of H-pyrrole nitrogens is 1. The van der Waals surface area contributed by atoms with Crippen molar-refractivity contribution in [3.63, 3.8) is 0 Å². The monoisotopic (exact) mass is 459 g/mol. The van der Waals surface area contributed by atoms with Gasteiger partial charge in [0.2, 0.25) is 0 Å². The Balaban J connectivity index is 1.39. The molecular weight excluding hydrogens is 430 g/mol. The fourth-order valence-corrected chi connectivity index (χ4v) is 5.37. The summed E-state index contributed by atoms with van der Waals surface area (Å²) in [6.07, 6.45) is 2.34. The van der Waals surface area contributed by atoms with Crippen LogP contribution in [0.4, 0.5) is 10.6 Å². The molecule has 0 bridgehead atoms. The van der Waals surface area contributed by atoms with Crippen molar-refractivity contribution >= 4 is 23.1 Å². The molecule has 1 aliphatic carbocycles. The van der Waals surface area contributed by atoms with Gasteiger partial charge in [0, 0.05) is 18.5 Å². The maximum absolute atomic E-state index is 12.7. The van der Waals surface area contributed by atoms with Crippen LogP contribution in [-0.2, 0) is 11.2 Å². The Kier molecular flexibility index (Phi) is 5.19. The molecule has 1 saturated heterocycles. The second-order valence-corrected chi connectivity index (χ2v) is 10.3. The molecule has 1 aliphatic heterocycles. The third-order valence-corrected chi connectivity index (χ3v) is 6.89. The number of fused-ring (bicyclic) bond motifs is 2. The van der Waals surface area contributed by atoms with Gasteiger partial charge in [-0.15, -0.1) is 0 Å². The lowest BCUT2D eigenvalue weighted by atomic mass is 9.72. The molecule has 1 amide bonds. The van der Waals surface area contributed by atoms with Crippen LogP contribution in [-0.4, -0.2) is 44.9 Å². The van der Waals surface area contributed by atoms with Crippen molar-refractivity contribution in [1.29, 1.82) is 5.26 Å². The minimum atomic E-state index is -0.550. The average molecular weight is 460 g/mol. The second kappa shape index (κ2) is 7.97. The summed E-state index contributed by atoms with van der Waals surface area (Å²) < 4.78 is 5.60. The Morgan fingerprint density at radius 1 is 1.26 bits per heavy atom. The molecule has 3 heterocycles. The molecular formula is C25H29N7O2. The van der Waals surface area contributed by atoms with Crippen LogP contribution in [0.5, 0.6) is 0 Å². The van der Waals surface area contributed by atoms with Crippen LogP contribution in [0.1, 0.15) is 62.2 Å². The van der Waals surface area contributed by atoms with Crippen LogP contribution in [0, 0.1) is 23.7 Å². The number of aromatic nitrogens is 4. The molecule has 9 heteroatoms. The van der Waals surface area contributed by atoms with E-state index in [1.54, 1.807) is 0 Å². The summed E-state index contributed by atoms with van der Waals surface area (Å²) >= 11 is 0. The van der Waals surface area contributed by atoms with Gasteiger partial charge in [0.15, 0.2) is 17.2 Å². The van der Waals surface area contributed by atoms with E-state index in [1.165, 1.54) is 11.1 Å². The highest BCUT2D eigenvalue weighted by atomic mass is 16.6. The number of amides is 1. The number of hydrogen-bond donors (Lipinski definition) is 2. The molecule has 9 nitrogen and oxygen atoms in total. The molecule has 2 N–H and O–H groups in total. The van der Waals surface area contributed by atoms with Gasteiger partial charge in [-0.1, -0.05) is 24.3 Å². The fraction of sp³-hybridized carbons (Fsp3) is 0.480. The van der Waals surface area contributed by atoms with Crippen LogP contribution in [0.25, 0.3) is 11.2 Å². The third kappa shape index (κ3) is 3.83. The van der Waals surface area contributed by atoms with E-state index in [0.29, 0.717) is 11.2 Å². The van der Waals surface area contributed by atoms with Crippen LogP contribution in [0.3, 0.4) is 0 Å². The number of anilines is 1. The number of hydrogen-bond acceptors (Lipinski definition) is 7. The first-order valence-corrected chi connectivity index (χ1v) is 11.6. The van der Waals surface area contributed by atoms with E-state index in [1.807, 2.05) is 39.8 Å². The zero-order valence-corrected chi connectivity index (χ0v) is 20.0. The van der Waals surface area contributed by atoms with Crippen molar-refractivity contribution < 1.29 is 9.53 Å². The van der Waals surface area contributed by atoms with Gasteiger partial charge in [-0.3, -0.25) is 5.10 Å². The van der Waals surface area contributed by atoms with Gasteiger partial charge in [0.25, 0.3) is 0 Å². The van der Waals surface area contributed by atoms with Crippen LogP contribution >= 0.6 is 0 Å². The number of aromatic amines is 1. The first kappa shape index (κ1) is 22.1. The SMILES string of the molecule is Cc1nc2c(C#N)n[nH]c2nc1N1CCC2(CC1)Cc1ccccc1[C@H]2NC(=O)OC(C)(C)C. The highest BCUT2D eigenvalue weighted by molar-refractivity contribution is 5.77. The van der Waals surface area contributed by atoms with Crippen LogP contribution in [0.15, 0.2) is 24.3 Å². The lowest BCUT2D eigenvalue weighted by molar-refractivity contribution is 0.0428. The number of rotatable bonds is 2. The molecule has 1 spiro atoms. The summed E-state index contributed by atoms with van der Waals surface area (Å²) in [6, 6.07) is 10.3. The normalized spacial score (nSPS) is 19.1. The minimum Gasteiger partial charge on any atom is -0.444 e. The highest BCUT2D eigenvalue weighted by Gasteiger charge is 2.49. The number of alkyl carbamates (subject to hydrolysis) is 1. The van der Waals surface area contributed by atoms with Gasteiger partial charge in [-0.05, 0) is 58.1 Å². The Morgan fingerprint density at radius 2 is 2.00 bits per heavy atom. The number of nitriles is 1. The molecule has 2 aromatic heterocycles. The van der Waals surface area contributed by atoms with Crippen molar-refractivity contribution in [2.75, 3.05) is 18.0 Å². The Morgan fingerprint density at radius 3 is 2.71 bits per heavy atom. The predicted octanol–water partition coefficient (Wildman–Crippen LogP) is 3.94. The summed E-state index contributed by atoms with van der Waals surface area (Å²) in [5.74, 6) is 0.808. The molecule has 3 aromatic rings. The largest absolute Gasteiger partial charge is 0.444 e. The molecule has 0 radical (unpaired) electrons. The van der Waals surface area contributed by atoms with E-state index in [0.717, 1.165) is 43.9 Å². The predicted molar refractivity (Wildman–Crippen MR) is 127 cm³/mol. The van der Waals surface area contributed by atoms with Crippen molar-refractivity contribution in [1.82, 2.24) is 25.5 Å².